The first kappa shape index (κ1) is 12.7. The van der Waals surface area contributed by atoms with Gasteiger partial charge in [-0.15, -0.1) is 0 Å². The van der Waals surface area contributed by atoms with Crippen molar-refractivity contribution in [1.82, 2.24) is 5.32 Å². The number of rotatable bonds is 3. The van der Waals surface area contributed by atoms with Gasteiger partial charge in [-0.05, 0) is 30.0 Å². The maximum Gasteiger partial charge on any atom is 0.0292 e. The molecule has 0 aliphatic rings. The fourth-order valence-electron chi connectivity index (χ4n) is 1.33. The minimum atomic E-state index is 0.337. The van der Waals surface area contributed by atoms with Crippen LogP contribution in [0.15, 0.2) is 28.7 Å². The number of hydrogen-bond acceptors (Lipinski definition) is 1. The van der Waals surface area contributed by atoms with E-state index in [4.69, 9.17) is 0 Å². The van der Waals surface area contributed by atoms with Gasteiger partial charge in [0.25, 0.3) is 0 Å². The molecule has 0 saturated heterocycles. The molecule has 1 aromatic rings. The van der Waals surface area contributed by atoms with Crippen LogP contribution in [0.5, 0.6) is 0 Å². The lowest BCUT2D eigenvalue weighted by molar-refractivity contribution is 0.359. The zero-order valence-corrected chi connectivity index (χ0v) is 11.6. The molecule has 0 spiro atoms. The Labute approximate surface area is 101 Å². The molecule has 0 bridgehead atoms. The van der Waals surface area contributed by atoms with Crippen molar-refractivity contribution in [2.24, 2.45) is 5.41 Å². The number of hydrogen-bond donors (Lipinski definition) is 1. The summed E-state index contributed by atoms with van der Waals surface area (Å²) in [4.78, 5) is 0. The van der Waals surface area contributed by atoms with E-state index in [0.29, 0.717) is 11.5 Å². The zero-order chi connectivity index (χ0) is 11.5. The summed E-state index contributed by atoms with van der Waals surface area (Å²) in [6.07, 6.45) is 0. The van der Waals surface area contributed by atoms with Gasteiger partial charge in [0, 0.05) is 17.1 Å². The number of halogens is 1. The summed E-state index contributed by atoms with van der Waals surface area (Å²) >= 11 is 3.44. The van der Waals surface area contributed by atoms with Gasteiger partial charge in [-0.3, -0.25) is 0 Å². The quantitative estimate of drug-likeness (QED) is 0.870. The molecule has 0 aromatic heterocycles. The average Bonchev–Trinajstić information content (AvgIpc) is 2.14. The molecule has 0 aliphatic heterocycles. The molecule has 84 valence electrons. The topological polar surface area (TPSA) is 12.0 Å². The first-order valence-electron chi connectivity index (χ1n) is 5.37. The highest BCUT2D eigenvalue weighted by molar-refractivity contribution is 9.10. The lowest BCUT2D eigenvalue weighted by atomic mass is 9.96. The predicted molar refractivity (Wildman–Crippen MR) is 70.0 cm³/mol. The summed E-state index contributed by atoms with van der Waals surface area (Å²) in [5.74, 6) is 0. The van der Waals surface area contributed by atoms with E-state index in [-0.39, 0.29) is 0 Å². The molecule has 1 rings (SSSR count). The lowest BCUT2D eigenvalue weighted by Gasteiger charge is -2.22. The van der Waals surface area contributed by atoms with Crippen molar-refractivity contribution in [3.8, 4) is 0 Å². The van der Waals surface area contributed by atoms with E-state index in [1.807, 2.05) is 0 Å². The molecule has 0 unspecified atom stereocenters. The summed E-state index contributed by atoms with van der Waals surface area (Å²) in [5, 5.41) is 3.54. The van der Waals surface area contributed by atoms with Crippen molar-refractivity contribution in [3.63, 3.8) is 0 Å². The Morgan fingerprint density at radius 3 is 2.20 bits per heavy atom. The summed E-state index contributed by atoms with van der Waals surface area (Å²) < 4.78 is 1.13. The van der Waals surface area contributed by atoms with E-state index in [1.54, 1.807) is 0 Å². The fourth-order valence-corrected chi connectivity index (χ4v) is 1.59. The Morgan fingerprint density at radius 1 is 1.20 bits per heavy atom. The third-order valence-corrected chi connectivity index (χ3v) is 2.84. The van der Waals surface area contributed by atoms with Gasteiger partial charge in [-0.2, -0.15) is 0 Å². The van der Waals surface area contributed by atoms with Gasteiger partial charge in [0.15, 0.2) is 0 Å². The van der Waals surface area contributed by atoms with Crippen molar-refractivity contribution >= 4 is 15.9 Å². The standard InChI is InChI=1S/C13H20BrN/c1-10(15-9-13(2,3)4)11-5-7-12(14)8-6-11/h5-8,10,15H,9H2,1-4H3/t10-/m1/s1. The summed E-state index contributed by atoms with van der Waals surface area (Å²) in [6, 6.07) is 8.90. The maximum absolute atomic E-state index is 3.54. The largest absolute Gasteiger partial charge is 0.310 e. The highest BCUT2D eigenvalue weighted by Gasteiger charge is 2.12. The minimum absolute atomic E-state index is 0.337. The zero-order valence-electron chi connectivity index (χ0n) is 9.97. The normalized spacial score (nSPS) is 13.9. The smallest absolute Gasteiger partial charge is 0.0292 e. The van der Waals surface area contributed by atoms with Crippen LogP contribution in [0.3, 0.4) is 0 Å². The molecule has 0 fully saturated rings. The van der Waals surface area contributed by atoms with Crippen molar-refractivity contribution in [3.05, 3.63) is 34.3 Å². The third-order valence-electron chi connectivity index (χ3n) is 2.31. The number of nitrogens with one attached hydrogen (secondary N) is 1. The van der Waals surface area contributed by atoms with E-state index in [0.717, 1.165) is 11.0 Å². The van der Waals surface area contributed by atoms with Crippen LogP contribution in [0.25, 0.3) is 0 Å². The SMILES string of the molecule is C[C@@H](NCC(C)(C)C)c1ccc(Br)cc1. The van der Waals surface area contributed by atoms with Gasteiger partial charge in [0.05, 0.1) is 0 Å². The van der Waals surface area contributed by atoms with E-state index in [9.17, 15) is 0 Å². The molecule has 0 radical (unpaired) electrons. The van der Waals surface area contributed by atoms with Gasteiger partial charge in [-0.25, -0.2) is 0 Å². The van der Waals surface area contributed by atoms with E-state index < -0.39 is 0 Å². The summed E-state index contributed by atoms with van der Waals surface area (Å²) in [6.45, 7) is 9.97. The average molecular weight is 270 g/mol. The van der Waals surface area contributed by atoms with Crippen LogP contribution in [0.4, 0.5) is 0 Å². The molecule has 0 amide bonds. The molecule has 0 heterocycles. The van der Waals surface area contributed by atoms with Crippen molar-refractivity contribution in [1.29, 1.82) is 0 Å². The van der Waals surface area contributed by atoms with Crippen molar-refractivity contribution in [2.75, 3.05) is 6.54 Å². The first-order chi connectivity index (χ1) is 6.88. The lowest BCUT2D eigenvalue weighted by Crippen LogP contribution is -2.29. The second kappa shape index (κ2) is 5.13. The molecule has 2 heteroatoms. The van der Waals surface area contributed by atoms with Crippen LogP contribution in [0, 0.1) is 5.41 Å². The Bertz CT molecular complexity index is 297. The predicted octanol–water partition coefficient (Wildman–Crippen LogP) is 4.15. The van der Waals surface area contributed by atoms with Crippen LogP contribution in [0.1, 0.15) is 39.3 Å². The maximum atomic E-state index is 3.54. The summed E-state index contributed by atoms with van der Waals surface area (Å²) in [7, 11) is 0. The Hall–Kier alpha value is -0.340. The van der Waals surface area contributed by atoms with Gasteiger partial charge >= 0.3 is 0 Å². The number of benzene rings is 1. The van der Waals surface area contributed by atoms with Crippen LogP contribution in [-0.2, 0) is 0 Å². The van der Waals surface area contributed by atoms with E-state index in [2.05, 4.69) is 73.2 Å². The van der Waals surface area contributed by atoms with Crippen LogP contribution < -0.4 is 5.32 Å². The molecule has 0 saturated carbocycles. The van der Waals surface area contributed by atoms with Gasteiger partial charge in [-0.1, -0.05) is 48.8 Å². The van der Waals surface area contributed by atoms with Crippen molar-refractivity contribution < 1.29 is 0 Å². The second-order valence-corrected chi connectivity index (χ2v) is 6.13. The van der Waals surface area contributed by atoms with Crippen molar-refractivity contribution in [2.45, 2.75) is 33.7 Å². The molecule has 1 atom stereocenters. The molecular formula is C13H20BrN. The first-order valence-corrected chi connectivity index (χ1v) is 6.17. The van der Waals surface area contributed by atoms with E-state index in [1.165, 1.54) is 5.56 Å². The molecular weight excluding hydrogens is 250 g/mol. The second-order valence-electron chi connectivity index (χ2n) is 5.21. The Kier molecular flexibility index (Phi) is 4.35. The Balaban J connectivity index is 2.54. The Morgan fingerprint density at radius 2 is 1.73 bits per heavy atom. The molecule has 15 heavy (non-hydrogen) atoms. The molecule has 0 aliphatic carbocycles. The van der Waals surface area contributed by atoms with Crippen LogP contribution in [0.2, 0.25) is 0 Å². The summed E-state index contributed by atoms with van der Waals surface area (Å²) in [5.41, 5.74) is 1.67. The fraction of sp³-hybridized carbons (Fsp3) is 0.538. The highest BCUT2D eigenvalue weighted by Crippen LogP contribution is 2.18. The minimum Gasteiger partial charge on any atom is -0.310 e. The van der Waals surface area contributed by atoms with Gasteiger partial charge in [0.2, 0.25) is 0 Å². The highest BCUT2D eigenvalue weighted by atomic mass is 79.9. The van der Waals surface area contributed by atoms with E-state index >= 15 is 0 Å². The molecule has 1 aromatic carbocycles. The van der Waals surface area contributed by atoms with Crippen LogP contribution >= 0.6 is 15.9 Å². The molecule has 1 nitrogen and oxygen atoms in total. The molecule has 1 N–H and O–H groups in total. The third kappa shape index (κ3) is 4.80. The van der Waals surface area contributed by atoms with Gasteiger partial charge < -0.3 is 5.32 Å². The van der Waals surface area contributed by atoms with Gasteiger partial charge in [0.1, 0.15) is 0 Å². The van der Waals surface area contributed by atoms with Crippen LogP contribution in [-0.4, -0.2) is 6.54 Å². The monoisotopic (exact) mass is 269 g/mol.